The quantitative estimate of drug-likeness (QED) is 0.348. The van der Waals surface area contributed by atoms with Crippen LogP contribution in [0.2, 0.25) is 0 Å². The van der Waals surface area contributed by atoms with Gasteiger partial charge >= 0.3 is 0 Å². The van der Waals surface area contributed by atoms with Crippen LogP contribution in [0.4, 0.5) is 10.1 Å². The molecule has 0 aromatic heterocycles. The van der Waals surface area contributed by atoms with Crippen LogP contribution < -0.4 is 15.5 Å². The molecule has 152 valence electrons. The molecule has 0 radical (unpaired) electrons. The van der Waals surface area contributed by atoms with Crippen molar-refractivity contribution in [3.05, 3.63) is 29.6 Å². The van der Waals surface area contributed by atoms with Gasteiger partial charge in [-0.05, 0) is 50.8 Å². The maximum absolute atomic E-state index is 14.5. The summed E-state index contributed by atoms with van der Waals surface area (Å²) < 4.78 is 19.9. The Hall–Kier alpha value is -1.86. The SMILES string of the molecule is CCNC(=NCc1ccc(N2CCC(O)CC2)c(F)c1)NCCCOCC. The number of aliphatic hydroxyl groups excluding tert-OH is 1. The molecule has 27 heavy (non-hydrogen) atoms. The van der Waals surface area contributed by atoms with E-state index in [4.69, 9.17) is 4.74 Å². The molecular formula is C20H33FN4O2. The monoisotopic (exact) mass is 380 g/mol. The average molecular weight is 381 g/mol. The van der Waals surface area contributed by atoms with Crippen molar-refractivity contribution < 1.29 is 14.2 Å². The summed E-state index contributed by atoms with van der Waals surface area (Å²) in [7, 11) is 0. The van der Waals surface area contributed by atoms with Gasteiger partial charge in [0.1, 0.15) is 5.82 Å². The molecule has 0 unspecified atom stereocenters. The van der Waals surface area contributed by atoms with E-state index in [1.807, 2.05) is 30.9 Å². The summed E-state index contributed by atoms with van der Waals surface area (Å²) in [6.07, 6.45) is 2.02. The lowest BCUT2D eigenvalue weighted by atomic mass is 10.1. The largest absolute Gasteiger partial charge is 0.393 e. The van der Waals surface area contributed by atoms with Gasteiger partial charge in [-0.1, -0.05) is 6.07 Å². The predicted molar refractivity (Wildman–Crippen MR) is 108 cm³/mol. The molecule has 0 amide bonds. The Kier molecular flexibility index (Phi) is 9.35. The summed E-state index contributed by atoms with van der Waals surface area (Å²) in [4.78, 5) is 6.53. The second kappa shape index (κ2) is 11.8. The number of aliphatic hydroxyl groups is 1. The Morgan fingerprint density at radius 1 is 1.30 bits per heavy atom. The van der Waals surface area contributed by atoms with Crippen LogP contribution in [0.5, 0.6) is 0 Å². The van der Waals surface area contributed by atoms with Crippen molar-refractivity contribution >= 4 is 11.6 Å². The molecule has 0 bridgehead atoms. The highest BCUT2D eigenvalue weighted by molar-refractivity contribution is 5.79. The number of nitrogens with one attached hydrogen (secondary N) is 2. The van der Waals surface area contributed by atoms with Crippen molar-refractivity contribution in [2.45, 2.75) is 45.8 Å². The number of benzene rings is 1. The number of hydrogen-bond acceptors (Lipinski definition) is 4. The standard InChI is InChI=1S/C20H33FN4O2/c1-3-22-20(23-10-5-13-27-4-2)24-15-16-6-7-19(18(21)14-16)25-11-8-17(26)9-12-25/h6-7,14,17,26H,3-5,8-13,15H2,1-2H3,(H2,22,23,24). The number of aliphatic imine (C=N–C) groups is 1. The zero-order valence-electron chi connectivity index (χ0n) is 16.5. The summed E-state index contributed by atoms with van der Waals surface area (Å²) in [5.41, 5.74) is 1.44. The van der Waals surface area contributed by atoms with E-state index < -0.39 is 0 Å². The zero-order valence-corrected chi connectivity index (χ0v) is 16.5. The highest BCUT2D eigenvalue weighted by Crippen LogP contribution is 2.24. The van der Waals surface area contributed by atoms with Crippen molar-refractivity contribution in [1.82, 2.24) is 10.6 Å². The fourth-order valence-electron chi connectivity index (χ4n) is 3.05. The summed E-state index contributed by atoms with van der Waals surface area (Å²) in [6.45, 7) is 8.79. The van der Waals surface area contributed by atoms with Crippen LogP contribution in [0, 0.1) is 5.82 Å². The van der Waals surface area contributed by atoms with Gasteiger partial charge in [-0.3, -0.25) is 0 Å². The van der Waals surface area contributed by atoms with Gasteiger partial charge in [-0.25, -0.2) is 9.38 Å². The highest BCUT2D eigenvalue weighted by atomic mass is 19.1. The lowest BCUT2D eigenvalue weighted by Gasteiger charge is -2.31. The van der Waals surface area contributed by atoms with Crippen molar-refractivity contribution in [1.29, 1.82) is 0 Å². The zero-order chi connectivity index (χ0) is 19.5. The fraction of sp³-hybridized carbons (Fsp3) is 0.650. The molecule has 1 fully saturated rings. The number of ether oxygens (including phenoxy) is 1. The Balaban J connectivity index is 1.90. The first kappa shape index (κ1) is 21.4. The Morgan fingerprint density at radius 3 is 2.74 bits per heavy atom. The van der Waals surface area contributed by atoms with E-state index in [0.717, 1.165) is 44.2 Å². The fourth-order valence-corrected chi connectivity index (χ4v) is 3.05. The van der Waals surface area contributed by atoms with Gasteiger partial charge in [-0.15, -0.1) is 0 Å². The first-order valence-corrected chi connectivity index (χ1v) is 9.95. The van der Waals surface area contributed by atoms with Gasteiger partial charge in [0.05, 0.1) is 18.3 Å². The summed E-state index contributed by atoms with van der Waals surface area (Å²) >= 11 is 0. The molecule has 7 heteroatoms. The van der Waals surface area contributed by atoms with E-state index in [1.54, 1.807) is 6.07 Å². The minimum absolute atomic E-state index is 0.228. The third kappa shape index (κ3) is 7.34. The molecule has 3 N–H and O–H groups in total. The summed E-state index contributed by atoms with van der Waals surface area (Å²) in [6, 6.07) is 5.30. The van der Waals surface area contributed by atoms with Crippen LogP contribution in [-0.2, 0) is 11.3 Å². The van der Waals surface area contributed by atoms with E-state index >= 15 is 0 Å². The summed E-state index contributed by atoms with van der Waals surface area (Å²) in [5, 5.41) is 16.1. The van der Waals surface area contributed by atoms with E-state index in [9.17, 15) is 9.50 Å². The number of rotatable bonds is 9. The van der Waals surface area contributed by atoms with Crippen molar-refractivity contribution in [2.24, 2.45) is 4.99 Å². The predicted octanol–water partition coefficient (Wildman–Crippen LogP) is 2.27. The van der Waals surface area contributed by atoms with E-state index in [0.29, 0.717) is 38.2 Å². The average Bonchev–Trinajstić information content (AvgIpc) is 2.67. The molecule has 1 aliphatic heterocycles. The van der Waals surface area contributed by atoms with E-state index in [1.165, 1.54) is 0 Å². The van der Waals surface area contributed by atoms with Gasteiger partial charge in [0.25, 0.3) is 0 Å². The van der Waals surface area contributed by atoms with Gasteiger partial charge in [0, 0.05) is 39.4 Å². The summed E-state index contributed by atoms with van der Waals surface area (Å²) in [5.74, 6) is 0.497. The number of anilines is 1. The minimum Gasteiger partial charge on any atom is -0.393 e. The molecule has 0 saturated carbocycles. The Labute approximate surface area is 161 Å². The van der Waals surface area contributed by atoms with Crippen LogP contribution >= 0.6 is 0 Å². The molecule has 1 aromatic carbocycles. The Morgan fingerprint density at radius 2 is 2.07 bits per heavy atom. The van der Waals surface area contributed by atoms with Crippen LogP contribution in [0.15, 0.2) is 23.2 Å². The normalized spacial score (nSPS) is 15.9. The Bertz CT molecular complexity index is 589. The van der Waals surface area contributed by atoms with Crippen LogP contribution in [0.3, 0.4) is 0 Å². The van der Waals surface area contributed by atoms with E-state index in [-0.39, 0.29) is 11.9 Å². The number of piperidine rings is 1. The van der Waals surface area contributed by atoms with Crippen molar-refractivity contribution in [3.8, 4) is 0 Å². The molecule has 1 aromatic rings. The first-order chi connectivity index (χ1) is 13.1. The second-order valence-corrected chi connectivity index (χ2v) is 6.68. The topological polar surface area (TPSA) is 69.1 Å². The third-order valence-corrected chi connectivity index (χ3v) is 4.54. The maximum Gasteiger partial charge on any atom is 0.191 e. The lowest BCUT2D eigenvalue weighted by Crippen LogP contribution is -2.38. The molecule has 0 atom stereocenters. The number of nitrogens with zero attached hydrogens (tertiary/aromatic N) is 2. The van der Waals surface area contributed by atoms with Crippen LogP contribution in [0.25, 0.3) is 0 Å². The lowest BCUT2D eigenvalue weighted by molar-refractivity contribution is 0.145. The van der Waals surface area contributed by atoms with Gasteiger partial charge in [0.2, 0.25) is 0 Å². The van der Waals surface area contributed by atoms with Gasteiger partial charge < -0.3 is 25.4 Å². The van der Waals surface area contributed by atoms with Crippen LogP contribution in [-0.4, -0.2) is 56.6 Å². The number of halogens is 1. The molecule has 2 rings (SSSR count). The van der Waals surface area contributed by atoms with Gasteiger partial charge in [-0.2, -0.15) is 0 Å². The molecule has 6 nitrogen and oxygen atoms in total. The smallest absolute Gasteiger partial charge is 0.191 e. The molecule has 1 heterocycles. The van der Waals surface area contributed by atoms with Crippen LogP contribution in [0.1, 0.15) is 38.7 Å². The van der Waals surface area contributed by atoms with Crippen molar-refractivity contribution in [3.63, 3.8) is 0 Å². The maximum atomic E-state index is 14.5. The van der Waals surface area contributed by atoms with Gasteiger partial charge in [0.15, 0.2) is 5.96 Å². The second-order valence-electron chi connectivity index (χ2n) is 6.68. The molecule has 1 saturated heterocycles. The molecule has 1 aliphatic rings. The van der Waals surface area contributed by atoms with E-state index in [2.05, 4.69) is 15.6 Å². The first-order valence-electron chi connectivity index (χ1n) is 9.95. The minimum atomic E-state index is -0.261. The molecular weight excluding hydrogens is 347 g/mol. The molecule has 0 spiro atoms. The van der Waals surface area contributed by atoms with Crippen molar-refractivity contribution in [2.75, 3.05) is 44.3 Å². The number of guanidine groups is 1. The molecule has 0 aliphatic carbocycles. The third-order valence-electron chi connectivity index (χ3n) is 4.54. The number of hydrogen-bond donors (Lipinski definition) is 3. The highest BCUT2D eigenvalue weighted by Gasteiger charge is 2.19.